The largest absolute Gasteiger partial charge is 0.466 e. The molecule has 204 valence electrons. The van der Waals surface area contributed by atoms with Gasteiger partial charge in [0.05, 0.1) is 24.9 Å². The molecular formula is C26H58O7. The zero-order valence-corrected chi connectivity index (χ0v) is 23.5. The summed E-state index contributed by atoms with van der Waals surface area (Å²) >= 11 is 0. The normalized spacial score (nSPS) is 11.8. The molecule has 0 aromatic heterocycles. The van der Waals surface area contributed by atoms with Crippen LogP contribution in [0, 0.1) is 0 Å². The van der Waals surface area contributed by atoms with Crippen LogP contribution in [-0.2, 0) is 19.1 Å². The summed E-state index contributed by atoms with van der Waals surface area (Å²) in [6, 6.07) is 0. The molecule has 0 fully saturated rings. The molecule has 0 amide bonds. The average Bonchev–Trinajstić information content (AvgIpc) is 2.78. The lowest BCUT2D eigenvalue weighted by molar-refractivity contribution is -0.148. The number of carbonyl (C=O) groups excluding carboxylic acids is 2. The molecule has 0 heterocycles. The zero-order chi connectivity index (χ0) is 27.1. The van der Waals surface area contributed by atoms with Crippen LogP contribution in [0.25, 0.3) is 0 Å². The van der Waals surface area contributed by atoms with E-state index < -0.39 is 0 Å². The lowest BCUT2D eigenvalue weighted by atomic mass is 10.2. The van der Waals surface area contributed by atoms with E-state index in [1.54, 1.807) is 20.8 Å². The summed E-state index contributed by atoms with van der Waals surface area (Å²) < 4.78 is 9.77. The Hall–Kier alpha value is -1.18. The minimum absolute atomic E-state index is 0.0544. The predicted molar refractivity (Wildman–Crippen MR) is 138 cm³/mol. The zero-order valence-electron chi connectivity index (χ0n) is 23.5. The fourth-order valence-electron chi connectivity index (χ4n) is 1.24. The van der Waals surface area contributed by atoms with Crippen LogP contribution in [0.1, 0.15) is 127 Å². The Labute approximate surface area is 205 Å². The van der Waals surface area contributed by atoms with Crippen molar-refractivity contribution < 1.29 is 34.4 Å². The van der Waals surface area contributed by atoms with E-state index in [0.29, 0.717) is 19.4 Å². The van der Waals surface area contributed by atoms with E-state index in [-0.39, 0.29) is 36.9 Å². The van der Waals surface area contributed by atoms with Crippen LogP contribution in [0.15, 0.2) is 0 Å². The molecule has 0 spiro atoms. The fraction of sp³-hybridized carbons (Fsp3) is 0.923. The molecular weight excluding hydrogens is 424 g/mol. The van der Waals surface area contributed by atoms with Gasteiger partial charge < -0.3 is 24.8 Å². The second-order valence-electron chi connectivity index (χ2n) is 7.55. The van der Waals surface area contributed by atoms with E-state index in [9.17, 15) is 9.59 Å². The number of carbonyl (C=O) groups is 2. The van der Waals surface area contributed by atoms with Gasteiger partial charge in [-0.2, -0.15) is 0 Å². The number of unbranched alkanes of at least 4 members (excludes halogenated alkanes) is 2. The highest BCUT2D eigenvalue weighted by Crippen LogP contribution is 2.02. The Morgan fingerprint density at radius 1 is 0.697 bits per heavy atom. The first-order chi connectivity index (χ1) is 15.5. The monoisotopic (exact) mass is 482 g/mol. The molecule has 0 aromatic rings. The van der Waals surface area contributed by atoms with E-state index in [2.05, 4.69) is 13.8 Å². The summed E-state index contributed by atoms with van der Waals surface area (Å²) in [7, 11) is 0. The van der Waals surface area contributed by atoms with Crippen molar-refractivity contribution in [1.82, 2.24) is 0 Å². The number of aliphatic hydroxyl groups is 3. The maximum atomic E-state index is 10.9. The van der Waals surface area contributed by atoms with Crippen LogP contribution >= 0.6 is 0 Å². The van der Waals surface area contributed by atoms with Gasteiger partial charge in [0.1, 0.15) is 0 Å². The van der Waals surface area contributed by atoms with Crippen molar-refractivity contribution in [2.24, 2.45) is 0 Å². The topological polar surface area (TPSA) is 113 Å². The Bertz CT molecular complexity index is 351. The third kappa shape index (κ3) is 65.2. The summed E-state index contributed by atoms with van der Waals surface area (Å²) in [5, 5.41) is 24.3. The van der Waals surface area contributed by atoms with Gasteiger partial charge in [0.25, 0.3) is 0 Å². The molecule has 0 aliphatic rings. The van der Waals surface area contributed by atoms with Crippen molar-refractivity contribution in [1.29, 1.82) is 0 Å². The molecule has 7 nitrogen and oxygen atoms in total. The van der Waals surface area contributed by atoms with E-state index in [1.165, 1.54) is 0 Å². The van der Waals surface area contributed by atoms with Crippen LogP contribution in [0.4, 0.5) is 0 Å². The van der Waals surface area contributed by atoms with Crippen molar-refractivity contribution in [2.75, 3.05) is 13.2 Å². The molecule has 33 heavy (non-hydrogen) atoms. The van der Waals surface area contributed by atoms with Gasteiger partial charge in [0.2, 0.25) is 0 Å². The number of hydrogen-bond donors (Lipinski definition) is 3. The molecule has 0 rings (SSSR count). The molecule has 0 aromatic carbocycles. The Kier molecular flexibility index (Phi) is 48.5. The van der Waals surface area contributed by atoms with Gasteiger partial charge in [-0.15, -0.1) is 0 Å². The molecule has 0 aliphatic heterocycles. The fourth-order valence-corrected chi connectivity index (χ4v) is 1.24. The van der Waals surface area contributed by atoms with Crippen molar-refractivity contribution >= 4 is 11.9 Å². The molecule has 3 N–H and O–H groups in total. The highest BCUT2D eigenvalue weighted by atomic mass is 16.5. The minimum atomic E-state index is -0.116. The lowest BCUT2D eigenvalue weighted by Gasteiger charge is -2.09. The number of rotatable bonds is 11. The summed E-state index contributed by atoms with van der Waals surface area (Å²) in [4.78, 5) is 21.5. The third-order valence-electron chi connectivity index (χ3n) is 3.86. The van der Waals surface area contributed by atoms with E-state index in [0.717, 1.165) is 44.9 Å². The van der Waals surface area contributed by atoms with Crippen LogP contribution in [0.3, 0.4) is 0 Å². The van der Waals surface area contributed by atoms with Crippen molar-refractivity contribution in [3.63, 3.8) is 0 Å². The first-order valence-electron chi connectivity index (χ1n) is 12.8. The molecule has 3 atom stereocenters. The molecule has 0 saturated heterocycles. The first-order valence-corrected chi connectivity index (χ1v) is 12.8. The Morgan fingerprint density at radius 2 is 1.03 bits per heavy atom. The molecule has 0 radical (unpaired) electrons. The van der Waals surface area contributed by atoms with Crippen molar-refractivity contribution in [3.05, 3.63) is 0 Å². The van der Waals surface area contributed by atoms with E-state index >= 15 is 0 Å². The third-order valence-corrected chi connectivity index (χ3v) is 3.86. The lowest BCUT2D eigenvalue weighted by Crippen LogP contribution is -2.13. The molecule has 0 aliphatic carbocycles. The van der Waals surface area contributed by atoms with Gasteiger partial charge in [-0.3, -0.25) is 9.59 Å². The summed E-state index contributed by atoms with van der Waals surface area (Å²) in [5.74, 6) is -0.124. The molecule has 0 saturated carbocycles. The maximum absolute atomic E-state index is 10.9. The average molecular weight is 483 g/mol. The minimum Gasteiger partial charge on any atom is -0.466 e. The van der Waals surface area contributed by atoms with Crippen LogP contribution in [0.2, 0.25) is 0 Å². The number of esters is 2. The SMILES string of the molecule is CCC(C)O.CCCCC(=O)OCC.CCCCC(=O)O[C@@H](C)CC.CCO.CC[C@@H](C)O. The Balaban J connectivity index is -0.000000106. The van der Waals surface area contributed by atoms with Gasteiger partial charge in [0, 0.05) is 19.4 Å². The van der Waals surface area contributed by atoms with Gasteiger partial charge >= 0.3 is 11.9 Å². The second kappa shape index (κ2) is 38.1. The molecule has 0 bridgehead atoms. The van der Waals surface area contributed by atoms with Crippen LogP contribution in [-0.4, -0.2) is 58.8 Å². The van der Waals surface area contributed by atoms with E-state index in [1.807, 2.05) is 34.6 Å². The van der Waals surface area contributed by atoms with Gasteiger partial charge in [-0.25, -0.2) is 0 Å². The highest BCUT2D eigenvalue weighted by Gasteiger charge is 2.05. The Morgan fingerprint density at radius 3 is 1.27 bits per heavy atom. The van der Waals surface area contributed by atoms with Gasteiger partial charge in [0.15, 0.2) is 0 Å². The summed E-state index contributed by atoms with van der Waals surface area (Å²) in [5.41, 5.74) is 0. The van der Waals surface area contributed by atoms with Crippen molar-refractivity contribution in [3.8, 4) is 0 Å². The summed E-state index contributed by atoms with van der Waals surface area (Å²) in [6.07, 6.45) is 7.61. The van der Waals surface area contributed by atoms with Gasteiger partial charge in [-0.05, 0) is 66.7 Å². The first kappa shape index (κ1) is 42.0. The van der Waals surface area contributed by atoms with Crippen LogP contribution in [0.5, 0.6) is 0 Å². The van der Waals surface area contributed by atoms with E-state index in [4.69, 9.17) is 24.8 Å². The number of aliphatic hydroxyl groups excluding tert-OH is 3. The smallest absolute Gasteiger partial charge is 0.306 e. The standard InChI is InChI=1S/C9H18O2.C7H14O2.2C4H10O.C2H6O/c1-4-6-7-9(10)11-8(3)5-2;1-3-5-6-7(8)9-4-2;2*1-3-4(2)5;1-2-3/h8H,4-7H2,1-3H3;3-6H2,1-2H3;2*4-5H,3H2,1-2H3;3H,2H2,1H3/t8-;;4-;;/m0.1../s1. The van der Waals surface area contributed by atoms with Crippen molar-refractivity contribution in [2.45, 2.75) is 145 Å². The highest BCUT2D eigenvalue weighted by molar-refractivity contribution is 5.69. The van der Waals surface area contributed by atoms with Gasteiger partial charge in [-0.1, -0.05) is 47.5 Å². The second-order valence-corrected chi connectivity index (χ2v) is 7.55. The summed E-state index contributed by atoms with van der Waals surface area (Å²) in [6.45, 7) is 19.8. The molecule has 1 unspecified atom stereocenters. The number of hydrogen-bond acceptors (Lipinski definition) is 7. The number of ether oxygens (including phenoxy) is 2. The van der Waals surface area contributed by atoms with Crippen LogP contribution < -0.4 is 0 Å². The maximum Gasteiger partial charge on any atom is 0.306 e. The predicted octanol–water partition coefficient (Wildman–Crippen LogP) is 5.81. The molecule has 7 heteroatoms. The quantitative estimate of drug-likeness (QED) is 0.318.